The van der Waals surface area contributed by atoms with Crippen LogP contribution < -0.4 is 9.64 Å². The second-order valence-electron chi connectivity index (χ2n) is 6.30. The van der Waals surface area contributed by atoms with E-state index in [0.29, 0.717) is 53.9 Å². The predicted molar refractivity (Wildman–Crippen MR) is 106 cm³/mol. The first-order valence-electron chi connectivity index (χ1n) is 8.56. The fourth-order valence-electron chi connectivity index (χ4n) is 2.90. The Kier molecular flexibility index (Phi) is 5.29. The molecule has 27 heavy (non-hydrogen) atoms. The lowest BCUT2D eigenvalue weighted by Gasteiger charge is -2.29. The summed E-state index contributed by atoms with van der Waals surface area (Å²) in [4.78, 5) is 19.3. The molecule has 7 nitrogen and oxygen atoms in total. The highest BCUT2D eigenvalue weighted by Crippen LogP contribution is 2.29. The summed E-state index contributed by atoms with van der Waals surface area (Å²) >= 11 is 5.38. The van der Waals surface area contributed by atoms with Crippen LogP contribution in [0, 0.1) is 6.92 Å². The van der Waals surface area contributed by atoms with Gasteiger partial charge in [-0.3, -0.25) is 0 Å². The van der Waals surface area contributed by atoms with Crippen LogP contribution in [0.25, 0.3) is 11.0 Å². The zero-order valence-electron chi connectivity index (χ0n) is 14.8. The van der Waals surface area contributed by atoms with E-state index >= 15 is 0 Å². The summed E-state index contributed by atoms with van der Waals surface area (Å²) in [6, 6.07) is 8.10. The number of aryl methyl sites for hydroxylation is 1. The number of aromatic nitrogens is 4. The van der Waals surface area contributed by atoms with Crippen LogP contribution in [0.5, 0.6) is 5.88 Å². The third-order valence-electron chi connectivity index (χ3n) is 4.38. The zero-order chi connectivity index (χ0) is 18.8. The van der Waals surface area contributed by atoms with Crippen molar-refractivity contribution in [1.82, 2.24) is 19.9 Å². The van der Waals surface area contributed by atoms with Gasteiger partial charge in [-0.15, -0.1) is 0 Å². The van der Waals surface area contributed by atoms with Gasteiger partial charge in [0.2, 0.25) is 11.2 Å². The molecule has 0 amide bonds. The summed E-state index contributed by atoms with van der Waals surface area (Å²) in [6.45, 7) is 3.68. The quantitative estimate of drug-likeness (QED) is 0.488. The van der Waals surface area contributed by atoms with E-state index in [2.05, 4.69) is 19.9 Å². The third-order valence-corrected chi connectivity index (χ3v) is 5.82. The van der Waals surface area contributed by atoms with E-state index in [1.807, 2.05) is 36.1 Å². The topological polar surface area (TPSA) is 87.1 Å². The van der Waals surface area contributed by atoms with Crippen LogP contribution in [-0.4, -0.2) is 49.1 Å². The van der Waals surface area contributed by atoms with Crippen LogP contribution in [0.2, 0.25) is 5.28 Å². The summed E-state index contributed by atoms with van der Waals surface area (Å²) in [5.74, 6) is 2.20. The summed E-state index contributed by atoms with van der Waals surface area (Å²) < 4.78 is 17.5. The van der Waals surface area contributed by atoms with Crippen LogP contribution in [0.3, 0.4) is 0 Å². The van der Waals surface area contributed by atoms with Gasteiger partial charge in [-0.25, -0.2) is 9.97 Å². The highest BCUT2D eigenvalue weighted by molar-refractivity contribution is 7.91. The molecule has 1 aliphatic rings. The smallest absolute Gasteiger partial charge is 0.244 e. The number of hydrogen-bond donors (Lipinski definition) is 0. The Morgan fingerprint density at radius 3 is 2.59 bits per heavy atom. The standard InChI is InChI=1S/C18H18ClN5O2S/c1-12-2-4-13(5-3-12)10-26-17-15-14(20-11-21-17)16(23-18(19)22-15)24-6-8-27(25)9-7-24/h2-5,11H,6-10H2,1H3. The van der Waals surface area contributed by atoms with Crippen molar-refractivity contribution in [2.45, 2.75) is 13.5 Å². The molecule has 9 heteroatoms. The maximum Gasteiger partial charge on any atom is 0.244 e. The van der Waals surface area contributed by atoms with Crippen LogP contribution in [-0.2, 0) is 17.8 Å². The fourth-order valence-corrected chi connectivity index (χ4v) is 4.11. The maximum atomic E-state index is 11.6. The van der Waals surface area contributed by atoms with Crippen LogP contribution >= 0.6 is 11.6 Å². The molecule has 3 heterocycles. The second-order valence-corrected chi connectivity index (χ2v) is 8.34. The van der Waals surface area contributed by atoms with Crippen molar-refractivity contribution in [3.63, 3.8) is 0 Å². The Labute approximate surface area is 165 Å². The molecule has 1 saturated heterocycles. The summed E-state index contributed by atoms with van der Waals surface area (Å²) in [6.07, 6.45) is 1.44. The molecule has 0 aliphatic carbocycles. The minimum Gasteiger partial charge on any atom is -0.616 e. The third kappa shape index (κ3) is 4.07. The lowest BCUT2D eigenvalue weighted by Crippen LogP contribution is -2.41. The molecule has 3 aromatic rings. The molecule has 1 aliphatic heterocycles. The maximum absolute atomic E-state index is 11.6. The van der Waals surface area contributed by atoms with E-state index in [9.17, 15) is 4.55 Å². The zero-order valence-corrected chi connectivity index (χ0v) is 16.3. The number of ether oxygens (including phenoxy) is 1. The molecule has 0 radical (unpaired) electrons. The van der Waals surface area contributed by atoms with Gasteiger partial charge in [0.15, 0.2) is 11.3 Å². The number of rotatable bonds is 4. The predicted octanol–water partition coefficient (Wildman–Crippen LogP) is 2.53. The van der Waals surface area contributed by atoms with Crippen LogP contribution in [0.15, 0.2) is 30.6 Å². The van der Waals surface area contributed by atoms with Crippen molar-refractivity contribution in [2.24, 2.45) is 0 Å². The van der Waals surface area contributed by atoms with Crippen molar-refractivity contribution >= 4 is 39.6 Å². The van der Waals surface area contributed by atoms with Gasteiger partial charge in [0.1, 0.15) is 30.0 Å². The molecule has 0 saturated carbocycles. The first-order chi connectivity index (χ1) is 13.1. The number of benzene rings is 1. The van der Waals surface area contributed by atoms with Crippen molar-refractivity contribution in [2.75, 3.05) is 29.5 Å². The van der Waals surface area contributed by atoms with Gasteiger partial charge < -0.3 is 14.2 Å². The van der Waals surface area contributed by atoms with Crippen molar-refractivity contribution in [3.8, 4) is 5.88 Å². The molecule has 2 aromatic heterocycles. The van der Waals surface area contributed by atoms with E-state index in [1.165, 1.54) is 11.9 Å². The summed E-state index contributed by atoms with van der Waals surface area (Å²) in [7, 11) is 0. The van der Waals surface area contributed by atoms with Gasteiger partial charge in [-0.1, -0.05) is 41.0 Å². The van der Waals surface area contributed by atoms with Gasteiger partial charge in [0, 0.05) is 0 Å². The molecule has 140 valence electrons. The minimum atomic E-state index is -0.780. The first kappa shape index (κ1) is 18.2. The number of nitrogens with zero attached hydrogens (tertiary/aromatic N) is 5. The summed E-state index contributed by atoms with van der Waals surface area (Å²) in [5, 5.41) is 0.110. The van der Waals surface area contributed by atoms with E-state index in [-0.39, 0.29) is 5.28 Å². The van der Waals surface area contributed by atoms with E-state index in [1.54, 1.807) is 0 Å². The number of anilines is 1. The normalized spacial score (nSPS) is 15.3. The van der Waals surface area contributed by atoms with Crippen LogP contribution in [0.1, 0.15) is 11.1 Å². The van der Waals surface area contributed by atoms with Crippen LogP contribution in [0.4, 0.5) is 5.82 Å². The molecular formula is C18H18ClN5O2S. The van der Waals surface area contributed by atoms with Crippen molar-refractivity contribution in [1.29, 1.82) is 0 Å². The molecule has 1 aromatic carbocycles. The first-order valence-corrected chi connectivity index (χ1v) is 10.4. The second kappa shape index (κ2) is 7.84. The lowest BCUT2D eigenvalue weighted by atomic mass is 10.2. The monoisotopic (exact) mass is 403 g/mol. The molecular weight excluding hydrogens is 386 g/mol. The molecule has 0 N–H and O–H groups in total. The molecule has 0 atom stereocenters. The minimum absolute atomic E-state index is 0.110. The Hall–Kier alpha value is -2.16. The van der Waals surface area contributed by atoms with Gasteiger partial charge in [0.05, 0.1) is 13.1 Å². The molecule has 0 unspecified atom stereocenters. The van der Waals surface area contributed by atoms with E-state index in [4.69, 9.17) is 16.3 Å². The van der Waals surface area contributed by atoms with E-state index < -0.39 is 11.2 Å². The largest absolute Gasteiger partial charge is 0.616 e. The van der Waals surface area contributed by atoms with Gasteiger partial charge in [-0.05, 0) is 24.1 Å². The number of halogens is 1. The Bertz CT molecular complexity index is 948. The van der Waals surface area contributed by atoms with Gasteiger partial charge >= 0.3 is 0 Å². The Morgan fingerprint density at radius 1 is 1.11 bits per heavy atom. The van der Waals surface area contributed by atoms with E-state index in [0.717, 1.165) is 5.56 Å². The highest BCUT2D eigenvalue weighted by Gasteiger charge is 2.24. The Balaban J connectivity index is 1.65. The van der Waals surface area contributed by atoms with Crippen molar-refractivity contribution in [3.05, 3.63) is 47.0 Å². The molecule has 0 spiro atoms. The average molecular weight is 404 g/mol. The van der Waals surface area contributed by atoms with Gasteiger partial charge in [-0.2, -0.15) is 9.97 Å². The highest BCUT2D eigenvalue weighted by atomic mass is 35.5. The Morgan fingerprint density at radius 2 is 1.85 bits per heavy atom. The lowest BCUT2D eigenvalue weighted by molar-refractivity contribution is 0.297. The number of fused-ring (bicyclic) bond motifs is 1. The average Bonchev–Trinajstić information content (AvgIpc) is 2.68. The number of hydrogen-bond acceptors (Lipinski definition) is 7. The SMILES string of the molecule is Cc1ccc(COc2ncnc3c(N4CC[S+]([O-])CC4)nc(Cl)nc23)cc1. The molecule has 1 fully saturated rings. The molecule has 4 rings (SSSR count). The fraction of sp³-hybridized carbons (Fsp3) is 0.333. The molecule has 0 bridgehead atoms. The van der Waals surface area contributed by atoms with Gasteiger partial charge in [0.25, 0.3) is 0 Å². The summed E-state index contributed by atoms with van der Waals surface area (Å²) in [5.41, 5.74) is 3.29. The van der Waals surface area contributed by atoms with Crippen molar-refractivity contribution < 1.29 is 9.29 Å².